The van der Waals surface area contributed by atoms with E-state index in [-0.39, 0.29) is 5.57 Å². The molecular formula is C15H13NO4. The molecule has 1 aromatic carbocycles. The summed E-state index contributed by atoms with van der Waals surface area (Å²) in [5, 5.41) is 18.7. The number of benzene rings is 1. The van der Waals surface area contributed by atoms with Gasteiger partial charge in [-0.15, -0.1) is 0 Å². The first-order chi connectivity index (χ1) is 9.46. The van der Waals surface area contributed by atoms with E-state index in [0.717, 1.165) is 5.69 Å². The normalized spacial score (nSPS) is 26.8. The smallest absolute Gasteiger partial charge is 0.337 e. The Hall–Kier alpha value is -2.56. The number of carboxylic acids is 2. The summed E-state index contributed by atoms with van der Waals surface area (Å²) in [6, 6.07) is 6.79. The summed E-state index contributed by atoms with van der Waals surface area (Å²) >= 11 is 0. The highest BCUT2D eigenvalue weighted by molar-refractivity contribution is 5.94. The zero-order chi connectivity index (χ0) is 14.5. The molecule has 5 heteroatoms. The lowest BCUT2D eigenvalue weighted by Crippen LogP contribution is -2.46. The fourth-order valence-corrected chi connectivity index (χ4v) is 2.92. The van der Waals surface area contributed by atoms with Crippen molar-refractivity contribution in [3.63, 3.8) is 0 Å². The number of hydrogen-bond acceptors (Lipinski definition) is 3. The maximum Gasteiger partial charge on any atom is 0.337 e. The van der Waals surface area contributed by atoms with E-state index >= 15 is 0 Å². The van der Waals surface area contributed by atoms with Gasteiger partial charge in [0.15, 0.2) is 0 Å². The first-order valence-electron chi connectivity index (χ1n) is 6.21. The second kappa shape index (κ2) is 3.96. The molecule has 1 aromatic rings. The van der Waals surface area contributed by atoms with Crippen LogP contribution in [0.4, 0.5) is 5.69 Å². The van der Waals surface area contributed by atoms with E-state index in [2.05, 4.69) is 0 Å². The molecule has 0 bridgehead atoms. The Kier molecular flexibility index (Phi) is 2.47. The zero-order valence-electron chi connectivity index (χ0n) is 10.8. The third kappa shape index (κ3) is 1.43. The minimum absolute atomic E-state index is 0.144. The van der Waals surface area contributed by atoms with Crippen LogP contribution in [0.25, 0.3) is 0 Å². The average molecular weight is 271 g/mol. The molecule has 0 aromatic heterocycles. The van der Waals surface area contributed by atoms with Gasteiger partial charge in [0.2, 0.25) is 0 Å². The number of carboxylic acid groups (broad SMARTS) is 2. The van der Waals surface area contributed by atoms with Crippen molar-refractivity contribution < 1.29 is 19.8 Å². The molecule has 2 N–H and O–H groups in total. The topological polar surface area (TPSA) is 77.8 Å². The summed E-state index contributed by atoms with van der Waals surface area (Å²) in [5.41, 5.74) is 0.495. The van der Waals surface area contributed by atoms with Crippen LogP contribution >= 0.6 is 0 Å². The summed E-state index contributed by atoms with van der Waals surface area (Å²) in [7, 11) is 0. The SMILES string of the molecule is CC1(C(=O)O)c2ccccc2N2C=C(C(=O)O)C=CC21. The van der Waals surface area contributed by atoms with Crippen LogP contribution in [0.1, 0.15) is 12.5 Å². The van der Waals surface area contributed by atoms with Crippen LogP contribution in [-0.2, 0) is 15.0 Å². The van der Waals surface area contributed by atoms with Crippen molar-refractivity contribution in [1.82, 2.24) is 0 Å². The fourth-order valence-electron chi connectivity index (χ4n) is 2.92. The minimum Gasteiger partial charge on any atom is -0.481 e. The number of aliphatic carboxylic acids is 2. The van der Waals surface area contributed by atoms with E-state index in [9.17, 15) is 14.7 Å². The van der Waals surface area contributed by atoms with Crippen LogP contribution in [-0.4, -0.2) is 28.2 Å². The van der Waals surface area contributed by atoms with Gasteiger partial charge in [-0.25, -0.2) is 4.79 Å². The van der Waals surface area contributed by atoms with Gasteiger partial charge in [-0.1, -0.05) is 24.3 Å². The van der Waals surface area contributed by atoms with Crippen LogP contribution in [0.2, 0.25) is 0 Å². The van der Waals surface area contributed by atoms with E-state index in [1.165, 1.54) is 12.3 Å². The Bertz CT molecular complexity index is 676. The maximum absolute atomic E-state index is 11.8. The number of nitrogens with zero attached hydrogens (tertiary/aromatic N) is 1. The molecular weight excluding hydrogens is 258 g/mol. The predicted octanol–water partition coefficient (Wildman–Crippen LogP) is 1.76. The summed E-state index contributed by atoms with van der Waals surface area (Å²) in [6.45, 7) is 1.67. The van der Waals surface area contributed by atoms with E-state index in [0.29, 0.717) is 5.56 Å². The largest absolute Gasteiger partial charge is 0.481 e. The van der Waals surface area contributed by atoms with Crippen molar-refractivity contribution in [3.8, 4) is 0 Å². The van der Waals surface area contributed by atoms with Crippen molar-refractivity contribution in [3.05, 3.63) is 53.8 Å². The second-order valence-corrected chi connectivity index (χ2v) is 5.13. The summed E-state index contributed by atoms with van der Waals surface area (Å²) < 4.78 is 0. The average Bonchev–Trinajstić information content (AvgIpc) is 2.70. The molecule has 0 aliphatic carbocycles. The van der Waals surface area contributed by atoms with Gasteiger partial charge < -0.3 is 15.1 Å². The molecule has 2 aliphatic rings. The van der Waals surface area contributed by atoms with Crippen molar-refractivity contribution in [1.29, 1.82) is 0 Å². The van der Waals surface area contributed by atoms with Gasteiger partial charge in [0, 0.05) is 11.9 Å². The molecule has 0 spiro atoms. The molecule has 2 unspecified atom stereocenters. The lowest BCUT2D eigenvalue weighted by Gasteiger charge is -2.32. The van der Waals surface area contributed by atoms with Crippen molar-refractivity contribution in [2.45, 2.75) is 18.4 Å². The second-order valence-electron chi connectivity index (χ2n) is 5.13. The van der Waals surface area contributed by atoms with Gasteiger partial charge in [-0.2, -0.15) is 0 Å². The van der Waals surface area contributed by atoms with Crippen LogP contribution in [0, 0.1) is 0 Å². The van der Waals surface area contributed by atoms with Gasteiger partial charge in [0.1, 0.15) is 5.41 Å². The van der Waals surface area contributed by atoms with Crippen molar-refractivity contribution in [2.24, 2.45) is 0 Å². The van der Waals surface area contributed by atoms with Crippen LogP contribution in [0.5, 0.6) is 0 Å². The molecule has 0 radical (unpaired) electrons. The Morgan fingerprint density at radius 3 is 2.60 bits per heavy atom. The minimum atomic E-state index is -1.09. The number of fused-ring (bicyclic) bond motifs is 3. The van der Waals surface area contributed by atoms with E-state index < -0.39 is 23.4 Å². The van der Waals surface area contributed by atoms with Crippen LogP contribution in [0.3, 0.4) is 0 Å². The summed E-state index contributed by atoms with van der Waals surface area (Å²) in [5.74, 6) is -1.95. The highest BCUT2D eigenvalue weighted by Crippen LogP contribution is 2.47. The first-order valence-corrected chi connectivity index (χ1v) is 6.21. The molecule has 20 heavy (non-hydrogen) atoms. The number of hydrogen-bond donors (Lipinski definition) is 2. The molecule has 102 valence electrons. The standard InChI is InChI=1S/C15H13NO4/c1-15(14(19)20)10-4-2-3-5-11(10)16-8-9(13(17)18)6-7-12(15)16/h2-8,12H,1H3,(H,17,18)(H,19,20). The van der Waals surface area contributed by atoms with E-state index in [1.807, 2.05) is 12.1 Å². The third-order valence-corrected chi connectivity index (χ3v) is 4.06. The Labute approximate surface area is 115 Å². The number of para-hydroxylation sites is 1. The van der Waals surface area contributed by atoms with E-state index in [4.69, 9.17) is 5.11 Å². The van der Waals surface area contributed by atoms with Crippen LogP contribution in [0.15, 0.2) is 48.2 Å². The van der Waals surface area contributed by atoms with Crippen LogP contribution < -0.4 is 4.90 Å². The Balaban J connectivity index is 2.21. The van der Waals surface area contributed by atoms with Gasteiger partial charge in [-0.3, -0.25) is 4.79 Å². The monoisotopic (exact) mass is 271 g/mol. The first kappa shape index (κ1) is 12.5. The van der Waals surface area contributed by atoms with Gasteiger partial charge >= 0.3 is 11.9 Å². The number of rotatable bonds is 2. The molecule has 0 saturated heterocycles. The molecule has 0 fully saturated rings. The molecule has 2 aliphatic heterocycles. The quantitative estimate of drug-likeness (QED) is 0.857. The maximum atomic E-state index is 11.8. The molecule has 3 rings (SSSR count). The third-order valence-electron chi connectivity index (χ3n) is 4.06. The summed E-state index contributed by atoms with van der Waals surface area (Å²) in [6.07, 6.45) is 4.62. The highest BCUT2D eigenvalue weighted by atomic mass is 16.4. The Morgan fingerprint density at radius 1 is 1.25 bits per heavy atom. The predicted molar refractivity (Wildman–Crippen MR) is 72.6 cm³/mol. The van der Waals surface area contributed by atoms with Crippen molar-refractivity contribution >= 4 is 17.6 Å². The summed E-state index contributed by atoms with van der Waals surface area (Å²) in [4.78, 5) is 24.6. The lowest BCUT2D eigenvalue weighted by molar-refractivity contribution is -0.143. The van der Waals surface area contributed by atoms with Gasteiger partial charge in [0.25, 0.3) is 0 Å². The molecule has 2 heterocycles. The van der Waals surface area contributed by atoms with Gasteiger partial charge in [0.05, 0.1) is 11.6 Å². The Morgan fingerprint density at radius 2 is 1.95 bits per heavy atom. The molecule has 0 amide bonds. The zero-order valence-corrected chi connectivity index (χ0v) is 10.8. The van der Waals surface area contributed by atoms with Gasteiger partial charge in [-0.05, 0) is 24.6 Å². The molecule has 5 nitrogen and oxygen atoms in total. The number of carbonyl (C=O) groups is 2. The number of anilines is 1. The molecule has 0 saturated carbocycles. The fraction of sp³-hybridized carbons (Fsp3) is 0.200. The lowest BCUT2D eigenvalue weighted by atomic mass is 9.78. The van der Waals surface area contributed by atoms with Crippen molar-refractivity contribution in [2.75, 3.05) is 4.90 Å². The highest BCUT2D eigenvalue weighted by Gasteiger charge is 2.52. The molecule has 2 atom stereocenters. The van der Waals surface area contributed by atoms with E-state index in [1.54, 1.807) is 30.0 Å².